The number of benzene rings is 1. The zero-order chi connectivity index (χ0) is 24.8. The molecule has 1 aromatic carbocycles. The minimum Gasteiger partial charge on any atom is -0.337 e. The molecule has 6 rings (SSSR count). The van der Waals surface area contributed by atoms with Crippen LogP contribution >= 0.6 is 0 Å². The van der Waals surface area contributed by atoms with Crippen LogP contribution in [0.5, 0.6) is 0 Å². The summed E-state index contributed by atoms with van der Waals surface area (Å²) < 4.78 is 5.50. The number of aliphatic imine (C=N–C) groups is 1. The zero-order valence-corrected chi connectivity index (χ0v) is 19.8. The van der Waals surface area contributed by atoms with Crippen LogP contribution in [0.25, 0.3) is 16.8 Å². The smallest absolute Gasteiger partial charge is 0.284 e. The molecule has 2 aliphatic rings. The molecule has 1 unspecified atom stereocenters. The molecule has 1 atom stereocenters. The number of rotatable bonds is 4. The topological polar surface area (TPSA) is 124 Å². The van der Waals surface area contributed by atoms with Gasteiger partial charge in [-0.2, -0.15) is 0 Å². The number of para-hydroxylation sites is 1. The van der Waals surface area contributed by atoms with E-state index in [1.54, 1.807) is 23.3 Å². The van der Waals surface area contributed by atoms with Gasteiger partial charge in [-0.05, 0) is 43.5 Å². The molecular weight excluding hydrogens is 456 g/mol. The molecule has 0 fully saturated rings. The number of nitrogens with two attached hydrogens (primary N) is 1. The molecule has 2 aliphatic heterocycles. The number of pyridine rings is 1. The molecule has 10 heteroatoms. The van der Waals surface area contributed by atoms with Crippen LogP contribution < -0.4 is 21.9 Å². The molecule has 4 aromatic rings. The van der Waals surface area contributed by atoms with Gasteiger partial charge in [0.25, 0.3) is 11.5 Å². The first-order chi connectivity index (χ1) is 17.5. The van der Waals surface area contributed by atoms with Gasteiger partial charge in [-0.15, -0.1) is 0 Å². The summed E-state index contributed by atoms with van der Waals surface area (Å²) in [6.45, 7) is 0.697. The van der Waals surface area contributed by atoms with Gasteiger partial charge in [-0.3, -0.25) is 19.3 Å². The van der Waals surface area contributed by atoms with E-state index >= 15 is 0 Å². The molecule has 0 saturated carbocycles. The standard InChI is InChI=1S/C26H26N8O2/c1-32-14-18(21-23(27)29-15-30-24(21)32)16-10-11-20(28-13-16)31-25(35)22-19-9-5-6-12-33(19)34(26(22)36)17-7-3-2-4-8-17/h2-4,7-8,10-11,13-15,23H,5-6,9,12,27H2,1H3,(H,29,30)(H,28,31,35). The summed E-state index contributed by atoms with van der Waals surface area (Å²) in [5.41, 5.74) is 10.2. The average molecular weight is 483 g/mol. The van der Waals surface area contributed by atoms with Crippen LogP contribution in [0.3, 0.4) is 0 Å². The van der Waals surface area contributed by atoms with E-state index in [4.69, 9.17) is 5.73 Å². The zero-order valence-electron chi connectivity index (χ0n) is 19.8. The maximum Gasteiger partial charge on any atom is 0.284 e. The van der Waals surface area contributed by atoms with Crippen molar-refractivity contribution < 1.29 is 4.79 Å². The molecule has 10 nitrogen and oxygen atoms in total. The Kier molecular flexibility index (Phi) is 5.30. The van der Waals surface area contributed by atoms with Crippen molar-refractivity contribution >= 4 is 23.9 Å². The molecule has 0 spiro atoms. The number of aromatic nitrogens is 4. The van der Waals surface area contributed by atoms with Crippen LogP contribution in [-0.2, 0) is 20.0 Å². The Labute approximate surface area is 207 Å². The van der Waals surface area contributed by atoms with Crippen molar-refractivity contribution in [3.63, 3.8) is 0 Å². The van der Waals surface area contributed by atoms with E-state index in [0.29, 0.717) is 18.8 Å². The molecule has 182 valence electrons. The van der Waals surface area contributed by atoms with Gasteiger partial charge in [-0.1, -0.05) is 18.2 Å². The highest BCUT2D eigenvalue weighted by molar-refractivity contribution is 6.04. The fourth-order valence-electron chi connectivity index (χ4n) is 5.10. The minimum atomic E-state index is -0.468. The molecule has 36 heavy (non-hydrogen) atoms. The number of amides is 1. The summed E-state index contributed by atoms with van der Waals surface area (Å²) in [5.74, 6) is 0.812. The van der Waals surface area contributed by atoms with E-state index in [1.807, 2.05) is 58.9 Å². The van der Waals surface area contributed by atoms with Gasteiger partial charge in [0.15, 0.2) is 0 Å². The fraction of sp³-hybridized carbons (Fsp3) is 0.231. The van der Waals surface area contributed by atoms with Crippen molar-refractivity contribution in [2.75, 3.05) is 10.6 Å². The normalized spacial score (nSPS) is 16.2. The predicted octanol–water partition coefficient (Wildman–Crippen LogP) is 3.04. The largest absolute Gasteiger partial charge is 0.337 e. The quantitative estimate of drug-likeness (QED) is 0.412. The van der Waals surface area contributed by atoms with Gasteiger partial charge < -0.3 is 20.9 Å². The molecule has 0 radical (unpaired) electrons. The SMILES string of the molecule is Cn1cc(-c2ccc(NC(=O)c3c4n(n(-c5ccccc5)c3=O)CCCC4)nc2)c2c1NC=NC2N. The summed E-state index contributed by atoms with van der Waals surface area (Å²) in [7, 11) is 1.93. The second kappa shape index (κ2) is 8.65. The van der Waals surface area contributed by atoms with Crippen LogP contribution in [0.4, 0.5) is 11.6 Å². The van der Waals surface area contributed by atoms with Crippen molar-refractivity contribution in [1.29, 1.82) is 0 Å². The van der Waals surface area contributed by atoms with Crippen molar-refractivity contribution in [3.8, 4) is 16.8 Å². The lowest BCUT2D eigenvalue weighted by atomic mass is 10.0. The van der Waals surface area contributed by atoms with E-state index in [9.17, 15) is 9.59 Å². The minimum absolute atomic E-state index is 0.177. The Morgan fingerprint density at radius 2 is 2.00 bits per heavy atom. The lowest BCUT2D eigenvalue weighted by Crippen LogP contribution is -2.26. The van der Waals surface area contributed by atoms with E-state index in [1.165, 1.54) is 0 Å². The number of fused-ring (bicyclic) bond motifs is 2. The Morgan fingerprint density at radius 1 is 1.17 bits per heavy atom. The van der Waals surface area contributed by atoms with Crippen molar-refractivity contribution in [1.82, 2.24) is 18.9 Å². The van der Waals surface area contributed by atoms with E-state index in [0.717, 1.165) is 46.7 Å². The third-order valence-electron chi connectivity index (χ3n) is 6.78. The van der Waals surface area contributed by atoms with Crippen molar-refractivity contribution in [3.05, 3.63) is 82.0 Å². The maximum atomic E-state index is 13.4. The molecule has 0 bridgehead atoms. The first-order valence-corrected chi connectivity index (χ1v) is 11.9. The number of nitrogens with one attached hydrogen (secondary N) is 2. The number of carbonyl (C=O) groups is 1. The summed E-state index contributed by atoms with van der Waals surface area (Å²) in [4.78, 5) is 35.4. The number of hydrogen-bond acceptors (Lipinski definition) is 6. The highest BCUT2D eigenvalue weighted by atomic mass is 16.2. The van der Waals surface area contributed by atoms with Gasteiger partial charge in [-0.25, -0.2) is 9.67 Å². The van der Waals surface area contributed by atoms with Crippen molar-refractivity contribution in [2.45, 2.75) is 32.0 Å². The van der Waals surface area contributed by atoms with Crippen molar-refractivity contribution in [2.24, 2.45) is 17.8 Å². The summed E-state index contributed by atoms with van der Waals surface area (Å²) in [5, 5.41) is 5.96. The number of carbonyl (C=O) groups excluding carboxylic acids is 1. The van der Waals surface area contributed by atoms with Gasteiger partial charge in [0.2, 0.25) is 0 Å². The number of hydrogen-bond donors (Lipinski definition) is 3. The van der Waals surface area contributed by atoms with Crippen LogP contribution in [0.15, 0.2) is 64.6 Å². The third-order valence-corrected chi connectivity index (χ3v) is 6.78. The average Bonchev–Trinajstić information content (AvgIpc) is 3.39. The molecular formula is C26H26N8O2. The molecule has 3 aromatic heterocycles. The Morgan fingerprint density at radius 3 is 2.78 bits per heavy atom. The Hall–Kier alpha value is -4.44. The van der Waals surface area contributed by atoms with E-state index in [-0.39, 0.29) is 11.1 Å². The van der Waals surface area contributed by atoms with Crippen LogP contribution in [0, 0.1) is 0 Å². The molecule has 4 N–H and O–H groups in total. The first-order valence-electron chi connectivity index (χ1n) is 11.9. The number of aryl methyl sites for hydroxylation is 1. The lowest BCUT2D eigenvalue weighted by Gasteiger charge is -2.19. The molecule has 5 heterocycles. The summed E-state index contributed by atoms with van der Waals surface area (Å²) >= 11 is 0. The molecule has 0 saturated heterocycles. The van der Waals surface area contributed by atoms with Gasteiger partial charge in [0, 0.05) is 42.7 Å². The number of anilines is 2. The highest BCUT2D eigenvalue weighted by Crippen LogP contribution is 2.36. The molecule has 1 amide bonds. The second-order valence-electron chi connectivity index (χ2n) is 9.02. The van der Waals surface area contributed by atoms with Crippen LogP contribution in [0.2, 0.25) is 0 Å². The Balaban J connectivity index is 1.31. The molecule has 0 aliphatic carbocycles. The first kappa shape index (κ1) is 22.1. The number of nitrogens with zero attached hydrogens (tertiary/aromatic N) is 5. The predicted molar refractivity (Wildman–Crippen MR) is 139 cm³/mol. The summed E-state index contributed by atoms with van der Waals surface area (Å²) in [6, 6.07) is 13.0. The van der Waals surface area contributed by atoms with Crippen LogP contribution in [0.1, 0.15) is 40.6 Å². The third kappa shape index (κ3) is 3.54. The van der Waals surface area contributed by atoms with Gasteiger partial charge in [0.1, 0.15) is 23.4 Å². The second-order valence-corrected chi connectivity index (χ2v) is 9.02. The Bertz CT molecular complexity index is 1540. The lowest BCUT2D eigenvalue weighted by molar-refractivity contribution is 0.102. The van der Waals surface area contributed by atoms with E-state index < -0.39 is 12.1 Å². The van der Waals surface area contributed by atoms with Crippen LogP contribution in [-0.4, -0.2) is 31.2 Å². The van der Waals surface area contributed by atoms with E-state index in [2.05, 4.69) is 20.6 Å². The highest BCUT2D eigenvalue weighted by Gasteiger charge is 2.28. The van der Waals surface area contributed by atoms with Gasteiger partial charge in [0.05, 0.1) is 17.7 Å². The van der Waals surface area contributed by atoms with Gasteiger partial charge >= 0.3 is 0 Å². The maximum absolute atomic E-state index is 13.4. The fourth-order valence-corrected chi connectivity index (χ4v) is 5.10. The summed E-state index contributed by atoms with van der Waals surface area (Å²) in [6.07, 6.45) is 7.37. The monoisotopic (exact) mass is 482 g/mol.